The van der Waals surface area contributed by atoms with Crippen molar-refractivity contribution in [3.63, 3.8) is 0 Å². The zero-order valence-electron chi connectivity index (χ0n) is 15.7. The van der Waals surface area contributed by atoms with Gasteiger partial charge in [-0.15, -0.1) is 0 Å². The Balaban J connectivity index is 1.71. The fourth-order valence-electron chi connectivity index (χ4n) is 2.81. The second-order valence-corrected chi connectivity index (χ2v) is 6.74. The molecule has 0 bridgehead atoms. The van der Waals surface area contributed by atoms with E-state index in [1.807, 2.05) is 0 Å². The van der Waals surface area contributed by atoms with Gasteiger partial charge in [-0.3, -0.25) is 4.99 Å². The Bertz CT molecular complexity index is 501. The number of ether oxygens (including phenoxy) is 2. The van der Waals surface area contributed by atoms with E-state index in [1.165, 1.54) is 18.4 Å². The molecule has 0 atom stereocenters. The summed E-state index contributed by atoms with van der Waals surface area (Å²) in [5, 5.41) is 6.74. The van der Waals surface area contributed by atoms with Crippen LogP contribution in [0.15, 0.2) is 35.3 Å². The summed E-state index contributed by atoms with van der Waals surface area (Å²) in [6, 6.07) is 10.8. The van der Waals surface area contributed by atoms with Crippen LogP contribution in [0.2, 0.25) is 0 Å². The molecule has 1 aliphatic rings. The van der Waals surface area contributed by atoms with E-state index in [4.69, 9.17) is 14.5 Å². The topological polar surface area (TPSA) is 54.9 Å². The molecule has 1 aromatic rings. The third-order valence-corrected chi connectivity index (χ3v) is 4.49. The number of nitrogens with one attached hydrogen (secondary N) is 2. The quantitative estimate of drug-likeness (QED) is 0.347. The van der Waals surface area contributed by atoms with Crippen LogP contribution in [0.4, 0.5) is 0 Å². The van der Waals surface area contributed by atoms with Gasteiger partial charge in [0.1, 0.15) is 0 Å². The van der Waals surface area contributed by atoms with E-state index in [0.717, 1.165) is 45.0 Å². The molecule has 1 aromatic carbocycles. The molecule has 5 nitrogen and oxygen atoms in total. The van der Waals surface area contributed by atoms with Crippen LogP contribution >= 0.6 is 0 Å². The molecule has 0 unspecified atom stereocenters. The highest BCUT2D eigenvalue weighted by atomic mass is 16.5. The number of benzene rings is 1. The summed E-state index contributed by atoms with van der Waals surface area (Å²) in [6.07, 6.45) is 4.64. The third-order valence-electron chi connectivity index (χ3n) is 4.49. The lowest BCUT2D eigenvalue weighted by Gasteiger charge is -2.15. The van der Waals surface area contributed by atoms with Crippen molar-refractivity contribution in [3.8, 4) is 0 Å². The highest BCUT2D eigenvalue weighted by Crippen LogP contribution is 2.48. The lowest BCUT2D eigenvalue weighted by Crippen LogP contribution is -2.38. The summed E-state index contributed by atoms with van der Waals surface area (Å²) >= 11 is 0. The fraction of sp³-hybridized carbons (Fsp3) is 0.650. The molecule has 2 rings (SSSR count). The summed E-state index contributed by atoms with van der Waals surface area (Å²) < 4.78 is 10.4. The van der Waals surface area contributed by atoms with Crippen molar-refractivity contribution >= 4 is 5.96 Å². The van der Waals surface area contributed by atoms with Gasteiger partial charge in [-0.05, 0) is 43.6 Å². The molecule has 0 aliphatic heterocycles. The van der Waals surface area contributed by atoms with Crippen LogP contribution < -0.4 is 10.6 Å². The van der Waals surface area contributed by atoms with E-state index in [0.29, 0.717) is 18.6 Å². The van der Waals surface area contributed by atoms with Crippen LogP contribution in [-0.4, -0.2) is 52.5 Å². The number of hydrogen-bond acceptors (Lipinski definition) is 3. The van der Waals surface area contributed by atoms with Gasteiger partial charge in [0, 0.05) is 33.4 Å². The van der Waals surface area contributed by atoms with Crippen molar-refractivity contribution in [2.75, 3.05) is 46.6 Å². The van der Waals surface area contributed by atoms with Gasteiger partial charge in [-0.2, -0.15) is 0 Å². The maximum atomic E-state index is 5.48. The lowest BCUT2D eigenvalue weighted by molar-refractivity contribution is 0.0698. The number of hydrogen-bond donors (Lipinski definition) is 2. The standard InChI is InChI=1S/C20H33N3O2/c1-3-21-19(22-12-7-13-25-15-14-24-2)23-17-20(10-11-20)16-18-8-5-4-6-9-18/h4-6,8-9H,3,7,10-17H2,1-2H3,(H2,21,22,23). The highest BCUT2D eigenvalue weighted by molar-refractivity contribution is 5.79. The van der Waals surface area contributed by atoms with Crippen LogP contribution in [0.1, 0.15) is 31.7 Å². The fourth-order valence-corrected chi connectivity index (χ4v) is 2.81. The van der Waals surface area contributed by atoms with Crippen LogP contribution in [-0.2, 0) is 15.9 Å². The monoisotopic (exact) mass is 347 g/mol. The predicted octanol–water partition coefficient (Wildman–Crippen LogP) is 2.62. The van der Waals surface area contributed by atoms with Crippen LogP contribution in [0, 0.1) is 5.41 Å². The number of methoxy groups -OCH3 is 1. The first kappa shape index (κ1) is 19.7. The minimum atomic E-state index is 0.368. The van der Waals surface area contributed by atoms with E-state index in [2.05, 4.69) is 47.9 Å². The van der Waals surface area contributed by atoms with Gasteiger partial charge in [0.15, 0.2) is 5.96 Å². The first-order valence-electron chi connectivity index (χ1n) is 9.41. The lowest BCUT2D eigenvalue weighted by atomic mass is 9.97. The number of nitrogens with zero attached hydrogens (tertiary/aromatic N) is 1. The maximum Gasteiger partial charge on any atom is 0.191 e. The summed E-state index contributed by atoms with van der Waals surface area (Å²) in [4.78, 5) is 4.82. The summed E-state index contributed by atoms with van der Waals surface area (Å²) in [5.41, 5.74) is 1.79. The second kappa shape index (κ2) is 11.1. The molecule has 0 amide bonds. The van der Waals surface area contributed by atoms with Gasteiger partial charge in [-0.25, -0.2) is 0 Å². The van der Waals surface area contributed by atoms with Crippen molar-refractivity contribution in [1.82, 2.24) is 10.6 Å². The Morgan fingerprint density at radius 1 is 1.12 bits per heavy atom. The predicted molar refractivity (Wildman–Crippen MR) is 103 cm³/mol. The van der Waals surface area contributed by atoms with Crippen LogP contribution in [0.25, 0.3) is 0 Å². The molecular weight excluding hydrogens is 314 g/mol. The Labute approximate surface area is 152 Å². The molecule has 5 heteroatoms. The number of rotatable bonds is 12. The average molecular weight is 348 g/mol. The smallest absolute Gasteiger partial charge is 0.191 e. The van der Waals surface area contributed by atoms with Gasteiger partial charge < -0.3 is 20.1 Å². The molecule has 1 saturated carbocycles. The molecule has 1 fully saturated rings. The second-order valence-electron chi connectivity index (χ2n) is 6.74. The molecule has 0 heterocycles. The first-order valence-corrected chi connectivity index (χ1v) is 9.41. The zero-order chi connectivity index (χ0) is 17.8. The minimum Gasteiger partial charge on any atom is -0.382 e. The molecule has 140 valence electrons. The number of guanidine groups is 1. The molecule has 0 aromatic heterocycles. The van der Waals surface area contributed by atoms with Crippen molar-refractivity contribution in [2.24, 2.45) is 10.4 Å². The SMILES string of the molecule is CCNC(=NCC1(Cc2ccccc2)CC1)NCCCOCCOC. The van der Waals surface area contributed by atoms with Gasteiger partial charge in [0.2, 0.25) is 0 Å². The first-order chi connectivity index (χ1) is 12.3. The van der Waals surface area contributed by atoms with Crippen molar-refractivity contribution in [1.29, 1.82) is 0 Å². The Morgan fingerprint density at radius 2 is 1.92 bits per heavy atom. The third kappa shape index (κ3) is 7.88. The van der Waals surface area contributed by atoms with E-state index < -0.39 is 0 Å². The zero-order valence-corrected chi connectivity index (χ0v) is 15.7. The van der Waals surface area contributed by atoms with E-state index in [1.54, 1.807) is 7.11 Å². The van der Waals surface area contributed by atoms with E-state index >= 15 is 0 Å². The van der Waals surface area contributed by atoms with Crippen molar-refractivity contribution < 1.29 is 9.47 Å². The molecular formula is C20H33N3O2. The normalized spacial score (nSPS) is 15.8. The Morgan fingerprint density at radius 3 is 2.60 bits per heavy atom. The summed E-state index contributed by atoms with van der Waals surface area (Å²) in [7, 11) is 1.69. The Kier molecular flexibility index (Phi) is 8.77. The molecule has 2 N–H and O–H groups in total. The largest absolute Gasteiger partial charge is 0.382 e. The molecule has 0 spiro atoms. The molecule has 0 radical (unpaired) electrons. The van der Waals surface area contributed by atoms with Crippen LogP contribution in [0.3, 0.4) is 0 Å². The summed E-state index contributed by atoms with van der Waals surface area (Å²) in [5.74, 6) is 0.915. The summed E-state index contributed by atoms with van der Waals surface area (Å²) in [6.45, 7) is 6.79. The van der Waals surface area contributed by atoms with E-state index in [9.17, 15) is 0 Å². The van der Waals surface area contributed by atoms with Gasteiger partial charge in [0.25, 0.3) is 0 Å². The minimum absolute atomic E-state index is 0.368. The van der Waals surface area contributed by atoms with E-state index in [-0.39, 0.29) is 0 Å². The average Bonchev–Trinajstić information content (AvgIpc) is 3.39. The van der Waals surface area contributed by atoms with Crippen LogP contribution in [0.5, 0.6) is 0 Å². The van der Waals surface area contributed by atoms with Crippen molar-refractivity contribution in [3.05, 3.63) is 35.9 Å². The van der Waals surface area contributed by atoms with Crippen molar-refractivity contribution in [2.45, 2.75) is 32.6 Å². The highest BCUT2D eigenvalue weighted by Gasteiger charge is 2.42. The Hall–Kier alpha value is -1.59. The number of aliphatic imine (C=N–C) groups is 1. The van der Waals surface area contributed by atoms with Gasteiger partial charge >= 0.3 is 0 Å². The molecule has 1 aliphatic carbocycles. The van der Waals surface area contributed by atoms with Gasteiger partial charge in [-0.1, -0.05) is 30.3 Å². The molecule has 0 saturated heterocycles. The van der Waals surface area contributed by atoms with Gasteiger partial charge in [0.05, 0.1) is 13.2 Å². The maximum absolute atomic E-state index is 5.48. The molecule has 25 heavy (non-hydrogen) atoms.